The maximum atomic E-state index is 15.1. The molecule has 1 aliphatic heterocycles. The van der Waals surface area contributed by atoms with Crippen molar-refractivity contribution in [1.82, 2.24) is 24.8 Å². The molecule has 0 radical (unpaired) electrons. The third kappa shape index (κ3) is 6.51. The smallest absolute Gasteiger partial charge is 0.354 e. The van der Waals surface area contributed by atoms with Gasteiger partial charge in [-0.1, -0.05) is 23.7 Å². The first-order valence-electron chi connectivity index (χ1n) is 14.7. The molecule has 224 valence electrons. The van der Waals surface area contributed by atoms with Crippen LogP contribution in [-0.4, -0.2) is 31.6 Å². The molecule has 0 aliphatic carbocycles. The molecule has 0 bridgehead atoms. The van der Waals surface area contributed by atoms with E-state index in [4.69, 9.17) is 27.5 Å². The van der Waals surface area contributed by atoms with Gasteiger partial charge in [-0.3, -0.25) is 4.57 Å². The van der Waals surface area contributed by atoms with Crippen LogP contribution in [0.25, 0.3) is 28.0 Å². The van der Waals surface area contributed by atoms with Crippen LogP contribution in [0.4, 0.5) is 10.4 Å². The van der Waals surface area contributed by atoms with Gasteiger partial charge in [0.25, 0.3) is 6.01 Å². The number of hydrogen-bond donors (Lipinski definition) is 4. The second-order valence-corrected chi connectivity index (χ2v) is 11.9. The van der Waals surface area contributed by atoms with Gasteiger partial charge in [0.1, 0.15) is 11.4 Å². The fourth-order valence-corrected chi connectivity index (χ4v) is 6.15. The van der Waals surface area contributed by atoms with Gasteiger partial charge in [-0.2, -0.15) is 4.98 Å². The van der Waals surface area contributed by atoms with Gasteiger partial charge in [0, 0.05) is 41.7 Å². The standard InChI is InChI=1S/C32H35ClFN7O2/c1-18(35)4-2-5-19-12-25(29(34)26(33)13-19)28-14-21-17-41(32(42)40-30(21)39-28)23-10-8-20(9-11-23)27-7-3-6-22(38-27)15-24-16-37-31(36)43-24/h8-14,16-18,22,27,38H,2-7,15,35H2,1H3,(H2,36,37)(H,39,40,42)/t18-,22-,27-/m0/s1. The molecule has 2 aromatic carbocycles. The minimum atomic E-state index is -0.515. The second-order valence-electron chi connectivity index (χ2n) is 11.5. The zero-order valence-corrected chi connectivity index (χ0v) is 24.7. The fraction of sp³-hybridized carbons (Fsp3) is 0.344. The van der Waals surface area contributed by atoms with Crippen LogP contribution >= 0.6 is 11.6 Å². The topological polar surface area (TPSA) is 141 Å². The molecule has 1 aliphatic rings. The highest BCUT2D eigenvalue weighted by Crippen LogP contribution is 2.32. The highest BCUT2D eigenvalue weighted by Gasteiger charge is 2.24. The summed E-state index contributed by atoms with van der Waals surface area (Å²) in [5, 5.41) is 4.45. The first-order valence-corrected chi connectivity index (χ1v) is 15.0. The van der Waals surface area contributed by atoms with Crippen LogP contribution in [-0.2, 0) is 12.8 Å². The van der Waals surface area contributed by atoms with Crippen molar-refractivity contribution in [1.29, 1.82) is 0 Å². The Labute approximate surface area is 253 Å². The number of halogens is 2. The van der Waals surface area contributed by atoms with Crippen LogP contribution in [0.5, 0.6) is 0 Å². The third-order valence-electron chi connectivity index (χ3n) is 8.09. The van der Waals surface area contributed by atoms with Crippen LogP contribution in [0.1, 0.15) is 62.0 Å². The highest BCUT2D eigenvalue weighted by molar-refractivity contribution is 6.31. The highest BCUT2D eigenvalue weighted by atomic mass is 35.5. The molecule has 0 amide bonds. The van der Waals surface area contributed by atoms with Crippen molar-refractivity contribution in [2.45, 2.75) is 70.0 Å². The molecule has 11 heteroatoms. The van der Waals surface area contributed by atoms with Gasteiger partial charge in [0.05, 0.1) is 22.6 Å². The largest absolute Gasteiger partial charge is 0.429 e. The van der Waals surface area contributed by atoms with Gasteiger partial charge >= 0.3 is 5.69 Å². The number of nitrogen functional groups attached to an aromatic ring is 1. The first-order chi connectivity index (χ1) is 20.7. The number of hydrogen-bond acceptors (Lipinski definition) is 7. The Morgan fingerprint density at radius 3 is 2.77 bits per heavy atom. The molecule has 5 aromatic rings. The Kier molecular flexibility index (Phi) is 8.34. The number of fused-ring (bicyclic) bond motifs is 1. The molecule has 1 saturated heterocycles. The SMILES string of the molecule is C[C@H](N)CCCc1cc(Cl)c(F)c(-c2cc3cn(-c4ccc([C@@H]5CCC[C@@H](Cc6cnc(N)o6)N5)cc4)c(=O)nc3[nH]2)c1. The molecule has 9 nitrogen and oxygen atoms in total. The number of nitrogens with one attached hydrogen (secondary N) is 2. The normalized spacial score (nSPS) is 17.9. The van der Waals surface area contributed by atoms with E-state index in [9.17, 15) is 4.79 Å². The Morgan fingerprint density at radius 1 is 1.21 bits per heavy atom. The van der Waals surface area contributed by atoms with Crippen LogP contribution < -0.4 is 22.5 Å². The number of aromatic amines is 1. The van der Waals surface area contributed by atoms with Crippen molar-refractivity contribution in [2.75, 3.05) is 5.73 Å². The molecule has 0 spiro atoms. The number of H-pyrrole nitrogens is 1. The summed E-state index contributed by atoms with van der Waals surface area (Å²) < 4.78 is 22.1. The van der Waals surface area contributed by atoms with Crippen molar-refractivity contribution in [3.63, 3.8) is 0 Å². The minimum Gasteiger partial charge on any atom is -0.429 e. The van der Waals surface area contributed by atoms with Gasteiger partial charge < -0.3 is 26.2 Å². The summed E-state index contributed by atoms with van der Waals surface area (Å²) in [5.41, 5.74) is 15.1. The van der Waals surface area contributed by atoms with Crippen molar-refractivity contribution in [2.24, 2.45) is 5.73 Å². The molecule has 1 fully saturated rings. The third-order valence-corrected chi connectivity index (χ3v) is 8.36. The molecule has 3 aromatic heterocycles. The van der Waals surface area contributed by atoms with Crippen molar-refractivity contribution in [3.05, 3.63) is 93.1 Å². The number of nitrogens with zero attached hydrogens (tertiary/aromatic N) is 3. The van der Waals surface area contributed by atoms with E-state index < -0.39 is 11.5 Å². The predicted octanol–water partition coefficient (Wildman–Crippen LogP) is 5.84. The average molecular weight is 604 g/mol. The molecule has 0 unspecified atom stereocenters. The zero-order valence-electron chi connectivity index (χ0n) is 23.9. The van der Waals surface area contributed by atoms with E-state index in [1.807, 2.05) is 31.2 Å². The molecule has 0 saturated carbocycles. The van der Waals surface area contributed by atoms with E-state index in [1.165, 1.54) is 4.57 Å². The number of piperidine rings is 1. The van der Waals surface area contributed by atoms with Crippen LogP contribution in [0.3, 0.4) is 0 Å². The summed E-state index contributed by atoms with van der Waals surface area (Å²) in [6.45, 7) is 1.97. The Balaban J connectivity index is 1.21. The quantitative estimate of drug-likeness (QED) is 0.166. The van der Waals surface area contributed by atoms with Crippen molar-refractivity contribution in [3.8, 4) is 16.9 Å². The lowest BCUT2D eigenvalue weighted by Gasteiger charge is -2.31. The number of benzene rings is 2. The molecule has 6 rings (SSSR count). The summed E-state index contributed by atoms with van der Waals surface area (Å²) >= 11 is 6.25. The number of aromatic nitrogens is 4. The molecule has 6 N–H and O–H groups in total. The van der Waals surface area contributed by atoms with Crippen LogP contribution in [0.2, 0.25) is 5.02 Å². The predicted molar refractivity (Wildman–Crippen MR) is 167 cm³/mol. The fourth-order valence-electron chi connectivity index (χ4n) is 5.91. The van der Waals surface area contributed by atoms with E-state index in [1.54, 1.807) is 30.6 Å². The van der Waals surface area contributed by atoms with Gasteiger partial charge in [-0.05, 0) is 86.9 Å². The number of oxazole rings is 1. The molecule has 43 heavy (non-hydrogen) atoms. The lowest BCUT2D eigenvalue weighted by Crippen LogP contribution is -2.38. The molecule has 3 atom stereocenters. The van der Waals surface area contributed by atoms with E-state index in [2.05, 4.69) is 20.3 Å². The summed E-state index contributed by atoms with van der Waals surface area (Å²) in [5.74, 6) is 0.260. The van der Waals surface area contributed by atoms with E-state index in [0.29, 0.717) is 28.0 Å². The van der Waals surface area contributed by atoms with Crippen LogP contribution in [0.15, 0.2) is 64.1 Å². The van der Waals surface area contributed by atoms with Crippen molar-refractivity contribution < 1.29 is 8.81 Å². The lowest BCUT2D eigenvalue weighted by molar-refractivity contribution is 0.311. The van der Waals surface area contributed by atoms with Crippen molar-refractivity contribution >= 4 is 28.6 Å². The van der Waals surface area contributed by atoms with Gasteiger partial charge in [0.15, 0.2) is 5.82 Å². The maximum Gasteiger partial charge on any atom is 0.354 e. The monoisotopic (exact) mass is 603 g/mol. The number of anilines is 1. The van der Waals surface area contributed by atoms with Gasteiger partial charge in [0.2, 0.25) is 0 Å². The number of aryl methyl sites for hydroxylation is 1. The molecular weight excluding hydrogens is 569 g/mol. The van der Waals surface area contributed by atoms with E-state index in [0.717, 1.165) is 61.8 Å². The second kappa shape index (κ2) is 12.3. The summed E-state index contributed by atoms with van der Waals surface area (Å²) in [4.78, 5) is 24.4. The Morgan fingerprint density at radius 2 is 2.02 bits per heavy atom. The maximum absolute atomic E-state index is 15.1. The lowest BCUT2D eigenvalue weighted by atomic mass is 9.91. The number of nitrogens with two attached hydrogens (primary N) is 2. The van der Waals surface area contributed by atoms with E-state index in [-0.39, 0.29) is 29.2 Å². The average Bonchev–Trinajstić information content (AvgIpc) is 3.59. The minimum absolute atomic E-state index is 0.0565. The summed E-state index contributed by atoms with van der Waals surface area (Å²) in [7, 11) is 0. The summed E-state index contributed by atoms with van der Waals surface area (Å²) in [6, 6.07) is 13.9. The van der Waals surface area contributed by atoms with Gasteiger partial charge in [-0.15, -0.1) is 0 Å². The van der Waals surface area contributed by atoms with Gasteiger partial charge in [-0.25, -0.2) is 14.2 Å². The van der Waals surface area contributed by atoms with E-state index >= 15 is 4.39 Å². The number of rotatable bonds is 9. The van der Waals surface area contributed by atoms with Crippen LogP contribution in [0, 0.1) is 5.82 Å². The zero-order chi connectivity index (χ0) is 30.1. The summed E-state index contributed by atoms with van der Waals surface area (Å²) in [6.07, 6.45) is 9.76. The Bertz CT molecular complexity index is 1790. The molecule has 4 heterocycles. The Hall–Kier alpha value is -3.99. The first kappa shape index (κ1) is 29.1. The molecular formula is C32H35ClFN7O2.